The number of carbonyl (C=O) groups is 2. The van der Waals surface area contributed by atoms with Gasteiger partial charge in [0.1, 0.15) is 11.4 Å². The molecule has 6 nitrogen and oxygen atoms in total. The number of primary amides is 1. The van der Waals surface area contributed by atoms with Gasteiger partial charge in [-0.25, -0.2) is 14.0 Å². The molecule has 1 saturated heterocycles. The summed E-state index contributed by atoms with van der Waals surface area (Å²) < 4.78 is 19.0. The summed E-state index contributed by atoms with van der Waals surface area (Å²) in [6.07, 6.45) is 2.16. The molecule has 0 aliphatic carbocycles. The highest BCUT2D eigenvalue weighted by atomic mass is 19.1. The molecule has 0 spiro atoms. The topological polar surface area (TPSA) is 75.9 Å². The highest BCUT2D eigenvalue weighted by molar-refractivity contribution is 5.90. The number of nitrogens with zero attached hydrogens (tertiary/aromatic N) is 2. The van der Waals surface area contributed by atoms with E-state index in [-0.39, 0.29) is 12.6 Å². The summed E-state index contributed by atoms with van der Waals surface area (Å²) in [5, 5.41) is 0. The number of nitrogens with two attached hydrogens (primary N) is 1. The highest BCUT2D eigenvalue weighted by Gasteiger charge is 2.32. The number of anilines is 1. The zero-order valence-corrected chi connectivity index (χ0v) is 15.0. The summed E-state index contributed by atoms with van der Waals surface area (Å²) in [5.74, 6) is -0.448. The summed E-state index contributed by atoms with van der Waals surface area (Å²) in [6.45, 7) is 6.21. The zero-order valence-electron chi connectivity index (χ0n) is 15.0. The number of hydrogen-bond donors (Lipinski definition) is 1. The van der Waals surface area contributed by atoms with Gasteiger partial charge >= 0.3 is 12.1 Å². The maximum absolute atomic E-state index is 13.5. The van der Waals surface area contributed by atoms with Crippen molar-refractivity contribution in [2.24, 2.45) is 5.73 Å². The Morgan fingerprint density at radius 1 is 1.36 bits per heavy atom. The van der Waals surface area contributed by atoms with E-state index >= 15 is 0 Å². The number of ether oxygens (including phenoxy) is 1. The number of piperidine rings is 1. The van der Waals surface area contributed by atoms with Crippen LogP contribution in [-0.4, -0.2) is 41.8 Å². The molecule has 1 aromatic rings. The van der Waals surface area contributed by atoms with Gasteiger partial charge in [-0.1, -0.05) is 6.07 Å². The van der Waals surface area contributed by atoms with Gasteiger partial charge in [-0.3, -0.25) is 4.90 Å². The molecule has 0 bridgehead atoms. The van der Waals surface area contributed by atoms with E-state index < -0.39 is 23.5 Å². The minimum Gasteiger partial charge on any atom is -0.444 e. The Balaban J connectivity index is 2.18. The number of halogens is 1. The van der Waals surface area contributed by atoms with Crippen molar-refractivity contribution in [1.82, 2.24) is 4.90 Å². The van der Waals surface area contributed by atoms with E-state index in [1.807, 2.05) is 20.8 Å². The molecule has 25 heavy (non-hydrogen) atoms. The van der Waals surface area contributed by atoms with Crippen LogP contribution in [0.5, 0.6) is 0 Å². The van der Waals surface area contributed by atoms with Crippen molar-refractivity contribution in [3.8, 4) is 0 Å². The van der Waals surface area contributed by atoms with E-state index in [2.05, 4.69) is 0 Å². The molecular weight excluding hydrogens is 325 g/mol. The lowest BCUT2D eigenvalue weighted by atomic mass is 10.0. The molecule has 0 radical (unpaired) electrons. The van der Waals surface area contributed by atoms with Gasteiger partial charge in [-0.15, -0.1) is 0 Å². The number of benzene rings is 1. The third-order valence-corrected chi connectivity index (χ3v) is 4.03. The second kappa shape index (κ2) is 7.72. The molecule has 1 aliphatic rings. The fourth-order valence-corrected chi connectivity index (χ4v) is 2.93. The van der Waals surface area contributed by atoms with Crippen LogP contribution in [0.3, 0.4) is 0 Å². The fourth-order valence-electron chi connectivity index (χ4n) is 2.93. The molecule has 2 rings (SSSR count). The molecule has 1 aliphatic heterocycles. The van der Waals surface area contributed by atoms with Crippen molar-refractivity contribution in [1.29, 1.82) is 0 Å². The normalized spacial score (nSPS) is 17.9. The predicted molar refractivity (Wildman–Crippen MR) is 93.9 cm³/mol. The summed E-state index contributed by atoms with van der Waals surface area (Å²) >= 11 is 0. The van der Waals surface area contributed by atoms with Crippen LogP contribution in [0.2, 0.25) is 0 Å². The quantitative estimate of drug-likeness (QED) is 0.905. The fraction of sp³-hybridized carbons (Fsp3) is 0.556. The molecule has 1 heterocycles. The molecule has 1 atom stereocenters. The first-order valence-electron chi connectivity index (χ1n) is 8.49. The maximum atomic E-state index is 13.5. The van der Waals surface area contributed by atoms with E-state index in [4.69, 9.17) is 10.5 Å². The Hall–Kier alpha value is -2.31. The molecule has 1 fully saturated rings. The molecule has 0 aromatic heterocycles. The van der Waals surface area contributed by atoms with Gasteiger partial charge in [0.2, 0.25) is 0 Å². The van der Waals surface area contributed by atoms with Crippen molar-refractivity contribution in [3.63, 3.8) is 0 Å². The lowest BCUT2D eigenvalue weighted by Gasteiger charge is -2.38. The average Bonchev–Trinajstić information content (AvgIpc) is 2.51. The number of rotatable bonds is 3. The maximum Gasteiger partial charge on any atom is 0.410 e. The zero-order chi connectivity index (χ0) is 18.6. The van der Waals surface area contributed by atoms with Crippen LogP contribution in [-0.2, 0) is 4.74 Å². The standard InChI is InChI=1S/C18H26FN3O3/c1-18(2,3)25-17(24)21-10-5-4-8-15(21)12-22(16(20)23)14-9-6-7-13(19)11-14/h6-7,9,11,15H,4-5,8,10,12H2,1-3H3,(H2,20,23). The van der Waals surface area contributed by atoms with Crippen LogP contribution in [0, 0.1) is 5.82 Å². The molecule has 0 saturated carbocycles. The van der Waals surface area contributed by atoms with Crippen LogP contribution >= 0.6 is 0 Å². The monoisotopic (exact) mass is 351 g/mol. The summed E-state index contributed by atoms with van der Waals surface area (Å²) in [5.41, 5.74) is 5.27. The SMILES string of the molecule is CC(C)(C)OC(=O)N1CCCCC1CN(C(N)=O)c1cccc(F)c1. The number of amides is 3. The van der Waals surface area contributed by atoms with E-state index in [1.165, 1.54) is 23.1 Å². The first-order chi connectivity index (χ1) is 11.7. The number of urea groups is 1. The number of likely N-dealkylation sites (tertiary alicyclic amines) is 1. The smallest absolute Gasteiger partial charge is 0.410 e. The Kier molecular flexibility index (Phi) is 5.87. The Bertz CT molecular complexity index is 630. The van der Waals surface area contributed by atoms with Gasteiger partial charge in [0.25, 0.3) is 0 Å². The predicted octanol–water partition coefficient (Wildman–Crippen LogP) is 3.50. The van der Waals surface area contributed by atoms with Gasteiger partial charge < -0.3 is 15.4 Å². The second-order valence-electron chi connectivity index (χ2n) is 7.25. The van der Waals surface area contributed by atoms with Crippen LogP contribution in [0.25, 0.3) is 0 Å². The van der Waals surface area contributed by atoms with Gasteiger partial charge in [0.05, 0.1) is 6.04 Å². The largest absolute Gasteiger partial charge is 0.444 e. The second-order valence-corrected chi connectivity index (χ2v) is 7.25. The summed E-state index contributed by atoms with van der Waals surface area (Å²) in [6, 6.07) is 4.79. The molecule has 1 aromatic carbocycles. The van der Waals surface area contributed by atoms with Crippen molar-refractivity contribution >= 4 is 17.8 Å². The van der Waals surface area contributed by atoms with Crippen LogP contribution in [0.15, 0.2) is 24.3 Å². The molecule has 7 heteroatoms. The van der Waals surface area contributed by atoms with Gasteiger partial charge in [-0.2, -0.15) is 0 Å². The van der Waals surface area contributed by atoms with E-state index in [1.54, 1.807) is 11.0 Å². The molecule has 1 unspecified atom stereocenters. The Morgan fingerprint density at radius 2 is 2.08 bits per heavy atom. The molecule has 2 N–H and O–H groups in total. The number of carbonyl (C=O) groups excluding carboxylic acids is 2. The highest BCUT2D eigenvalue weighted by Crippen LogP contribution is 2.24. The van der Waals surface area contributed by atoms with Crippen LogP contribution in [0.1, 0.15) is 40.0 Å². The molecule has 138 valence electrons. The first-order valence-corrected chi connectivity index (χ1v) is 8.49. The van der Waals surface area contributed by atoms with Gasteiger partial charge in [-0.05, 0) is 58.2 Å². The number of hydrogen-bond acceptors (Lipinski definition) is 3. The van der Waals surface area contributed by atoms with Gasteiger partial charge in [0, 0.05) is 18.8 Å². The lowest BCUT2D eigenvalue weighted by Crippen LogP contribution is -2.52. The van der Waals surface area contributed by atoms with E-state index in [0.29, 0.717) is 12.2 Å². The third-order valence-electron chi connectivity index (χ3n) is 4.03. The van der Waals surface area contributed by atoms with Crippen molar-refractivity contribution in [2.75, 3.05) is 18.0 Å². The molecule has 3 amide bonds. The summed E-state index contributed by atoms with van der Waals surface area (Å²) in [4.78, 5) is 27.3. The minimum atomic E-state index is -0.680. The molecular formula is C18H26FN3O3. The Morgan fingerprint density at radius 3 is 2.68 bits per heavy atom. The van der Waals surface area contributed by atoms with E-state index in [9.17, 15) is 14.0 Å². The van der Waals surface area contributed by atoms with Crippen molar-refractivity contribution in [3.05, 3.63) is 30.1 Å². The lowest BCUT2D eigenvalue weighted by molar-refractivity contribution is 0.0108. The summed E-state index contributed by atoms with van der Waals surface area (Å²) in [7, 11) is 0. The van der Waals surface area contributed by atoms with Gasteiger partial charge in [0.15, 0.2) is 0 Å². The van der Waals surface area contributed by atoms with Crippen molar-refractivity contribution in [2.45, 2.75) is 51.7 Å². The van der Waals surface area contributed by atoms with Crippen LogP contribution < -0.4 is 10.6 Å². The Labute approximate surface area is 147 Å². The minimum absolute atomic E-state index is 0.206. The third kappa shape index (κ3) is 5.34. The average molecular weight is 351 g/mol. The van der Waals surface area contributed by atoms with E-state index in [0.717, 1.165) is 19.3 Å². The van der Waals surface area contributed by atoms with Crippen LogP contribution in [0.4, 0.5) is 19.7 Å². The first kappa shape index (κ1) is 19.0. The van der Waals surface area contributed by atoms with Crippen molar-refractivity contribution < 1.29 is 18.7 Å².